The van der Waals surface area contributed by atoms with Crippen LogP contribution in [0.1, 0.15) is 30.9 Å². The van der Waals surface area contributed by atoms with E-state index in [2.05, 4.69) is 13.0 Å². The molecular formula is C17H23NO3. The fourth-order valence-electron chi connectivity index (χ4n) is 2.81. The van der Waals surface area contributed by atoms with Gasteiger partial charge in [-0.1, -0.05) is 6.92 Å². The summed E-state index contributed by atoms with van der Waals surface area (Å²) >= 11 is 0. The molecule has 0 bridgehead atoms. The first-order chi connectivity index (χ1) is 10.2. The molecule has 1 heterocycles. The molecule has 0 saturated heterocycles. The third kappa shape index (κ3) is 2.91. The monoisotopic (exact) mass is 289 g/mol. The molecule has 0 unspecified atom stereocenters. The minimum absolute atomic E-state index is 0.408. The number of hydrogen-bond donors (Lipinski definition) is 0. The maximum atomic E-state index is 5.78. The molecule has 1 aromatic carbocycles. The number of hydrogen-bond acceptors (Lipinski definition) is 4. The molecule has 114 valence electrons. The number of benzene rings is 1. The SMILES string of the molecule is COCCOc1cc2c(cc1OC)C=N[C@H](C1(C)CC1)C2. The normalized spacial score (nSPS) is 21.8. The summed E-state index contributed by atoms with van der Waals surface area (Å²) in [6.07, 6.45) is 5.57. The van der Waals surface area contributed by atoms with E-state index in [4.69, 9.17) is 19.2 Å². The Morgan fingerprint density at radius 2 is 2.00 bits per heavy atom. The van der Waals surface area contributed by atoms with E-state index in [9.17, 15) is 0 Å². The molecule has 4 nitrogen and oxygen atoms in total. The number of rotatable bonds is 6. The van der Waals surface area contributed by atoms with Gasteiger partial charge in [-0.2, -0.15) is 0 Å². The van der Waals surface area contributed by atoms with Gasteiger partial charge in [0.1, 0.15) is 6.61 Å². The van der Waals surface area contributed by atoms with Crippen LogP contribution in [0, 0.1) is 5.41 Å². The average Bonchev–Trinajstić information content (AvgIpc) is 3.25. The zero-order valence-electron chi connectivity index (χ0n) is 13.0. The van der Waals surface area contributed by atoms with E-state index in [1.165, 1.54) is 18.4 Å². The predicted molar refractivity (Wildman–Crippen MR) is 82.8 cm³/mol. The van der Waals surface area contributed by atoms with Crippen molar-refractivity contribution in [2.24, 2.45) is 10.4 Å². The van der Waals surface area contributed by atoms with Gasteiger partial charge >= 0.3 is 0 Å². The lowest BCUT2D eigenvalue weighted by atomic mass is 9.88. The molecule has 1 fully saturated rings. The Morgan fingerprint density at radius 1 is 1.19 bits per heavy atom. The smallest absolute Gasteiger partial charge is 0.161 e. The van der Waals surface area contributed by atoms with Crippen molar-refractivity contribution in [3.8, 4) is 11.5 Å². The second-order valence-electron chi connectivity index (χ2n) is 6.20. The second kappa shape index (κ2) is 5.68. The molecule has 0 spiro atoms. The highest BCUT2D eigenvalue weighted by atomic mass is 16.5. The first-order valence-corrected chi connectivity index (χ1v) is 7.52. The fourth-order valence-corrected chi connectivity index (χ4v) is 2.81. The summed E-state index contributed by atoms with van der Waals surface area (Å²) in [5.41, 5.74) is 2.85. The van der Waals surface area contributed by atoms with E-state index in [0.29, 0.717) is 24.7 Å². The van der Waals surface area contributed by atoms with Gasteiger partial charge in [0.05, 0.1) is 19.8 Å². The van der Waals surface area contributed by atoms with Crippen LogP contribution in [-0.2, 0) is 11.2 Å². The van der Waals surface area contributed by atoms with Crippen LogP contribution in [0.2, 0.25) is 0 Å². The Kier molecular flexibility index (Phi) is 3.89. The van der Waals surface area contributed by atoms with Crippen LogP contribution in [0.25, 0.3) is 0 Å². The van der Waals surface area contributed by atoms with Gasteiger partial charge in [0.2, 0.25) is 0 Å². The van der Waals surface area contributed by atoms with Crippen molar-refractivity contribution in [1.29, 1.82) is 0 Å². The van der Waals surface area contributed by atoms with E-state index < -0.39 is 0 Å². The first-order valence-electron chi connectivity index (χ1n) is 7.52. The number of ether oxygens (including phenoxy) is 3. The van der Waals surface area contributed by atoms with Crippen LogP contribution in [0.4, 0.5) is 0 Å². The third-order valence-corrected chi connectivity index (χ3v) is 4.62. The van der Waals surface area contributed by atoms with E-state index in [1.807, 2.05) is 12.3 Å². The molecular weight excluding hydrogens is 266 g/mol. The zero-order valence-corrected chi connectivity index (χ0v) is 13.0. The minimum Gasteiger partial charge on any atom is -0.493 e. The minimum atomic E-state index is 0.408. The second-order valence-corrected chi connectivity index (χ2v) is 6.20. The molecule has 1 aliphatic heterocycles. The van der Waals surface area contributed by atoms with Gasteiger partial charge in [0.25, 0.3) is 0 Å². The molecule has 21 heavy (non-hydrogen) atoms. The molecule has 1 aliphatic carbocycles. The van der Waals surface area contributed by atoms with Crippen molar-refractivity contribution in [1.82, 2.24) is 0 Å². The highest BCUT2D eigenvalue weighted by molar-refractivity contribution is 5.84. The van der Waals surface area contributed by atoms with Crippen molar-refractivity contribution in [3.05, 3.63) is 23.3 Å². The lowest BCUT2D eigenvalue weighted by Crippen LogP contribution is -2.24. The summed E-state index contributed by atoms with van der Waals surface area (Å²) in [5.74, 6) is 1.55. The van der Waals surface area contributed by atoms with Crippen LogP contribution < -0.4 is 9.47 Å². The van der Waals surface area contributed by atoms with E-state index in [0.717, 1.165) is 23.5 Å². The summed E-state index contributed by atoms with van der Waals surface area (Å²) in [6.45, 7) is 3.43. The Balaban J connectivity index is 1.82. The number of methoxy groups -OCH3 is 2. The molecule has 0 radical (unpaired) electrons. The average molecular weight is 289 g/mol. The van der Waals surface area contributed by atoms with E-state index >= 15 is 0 Å². The Labute approximate surface area is 126 Å². The molecule has 3 rings (SSSR count). The van der Waals surface area contributed by atoms with E-state index in [1.54, 1.807) is 14.2 Å². The lowest BCUT2D eigenvalue weighted by molar-refractivity contribution is 0.144. The van der Waals surface area contributed by atoms with Crippen molar-refractivity contribution in [3.63, 3.8) is 0 Å². The van der Waals surface area contributed by atoms with Crippen molar-refractivity contribution in [2.75, 3.05) is 27.4 Å². The largest absolute Gasteiger partial charge is 0.493 e. The Hall–Kier alpha value is -1.55. The van der Waals surface area contributed by atoms with Gasteiger partial charge in [0, 0.05) is 13.3 Å². The molecule has 1 atom stereocenters. The van der Waals surface area contributed by atoms with Crippen molar-refractivity contribution in [2.45, 2.75) is 32.2 Å². The van der Waals surface area contributed by atoms with Crippen LogP contribution in [0.3, 0.4) is 0 Å². The molecule has 0 amide bonds. The highest BCUT2D eigenvalue weighted by Crippen LogP contribution is 2.51. The highest BCUT2D eigenvalue weighted by Gasteiger charge is 2.45. The van der Waals surface area contributed by atoms with Crippen LogP contribution >= 0.6 is 0 Å². The summed E-state index contributed by atoms with van der Waals surface area (Å²) in [6, 6.07) is 4.53. The molecule has 1 saturated carbocycles. The van der Waals surface area contributed by atoms with Gasteiger partial charge < -0.3 is 14.2 Å². The fraction of sp³-hybridized carbons (Fsp3) is 0.588. The van der Waals surface area contributed by atoms with Crippen molar-refractivity contribution >= 4 is 6.21 Å². The summed E-state index contributed by atoms with van der Waals surface area (Å²) in [7, 11) is 3.34. The molecule has 0 N–H and O–H groups in total. The molecule has 2 aliphatic rings. The topological polar surface area (TPSA) is 40.0 Å². The lowest BCUT2D eigenvalue weighted by Gasteiger charge is -2.25. The number of fused-ring (bicyclic) bond motifs is 1. The quantitative estimate of drug-likeness (QED) is 0.756. The summed E-state index contributed by atoms with van der Waals surface area (Å²) < 4.78 is 16.2. The van der Waals surface area contributed by atoms with Gasteiger partial charge in [0.15, 0.2) is 11.5 Å². The number of aliphatic imine (C=N–C) groups is 1. The van der Waals surface area contributed by atoms with Crippen molar-refractivity contribution < 1.29 is 14.2 Å². The predicted octanol–water partition coefficient (Wildman–Crippen LogP) is 2.86. The number of nitrogens with zero attached hydrogens (tertiary/aromatic N) is 1. The molecule has 0 aromatic heterocycles. The van der Waals surface area contributed by atoms with Crippen LogP contribution in [-0.4, -0.2) is 39.7 Å². The summed E-state index contributed by atoms with van der Waals surface area (Å²) in [4.78, 5) is 4.74. The van der Waals surface area contributed by atoms with E-state index in [-0.39, 0.29) is 0 Å². The summed E-state index contributed by atoms with van der Waals surface area (Å²) in [5, 5.41) is 0. The maximum Gasteiger partial charge on any atom is 0.161 e. The van der Waals surface area contributed by atoms with Gasteiger partial charge in [-0.15, -0.1) is 0 Å². The maximum absolute atomic E-state index is 5.78. The molecule has 1 aromatic rings. The van der Waals surface area contributed by atoms with Crippen LogP contribution in [0.5, 0.6) is 11.5 Å². The van der Waals surface area contributed by atoms with Gasteiger partial charge in [-0.25, -0.2) is 0 Å². The van der Waals surface area contributed by atoms with Gasteiger partial charge in [-0.05, 0) is 47.9 Å². The molecule has 4 heteroatoms. The first kappa shape index (κ1) is 14.4. The third-order valence-electron chi connectivity index (χ3n) is 4.62. The zero-order chi connectivity index (χ0) is 14.9. The van der Waals surface area contributed by atoms with Gasteiger partial charge in [-0.3, -0.25) is 4.99 Å². The Bertz CT molecular complexity index is 549. The standard InChI is InChI=1S/C17H23NO3/c1-17(4-5-17)16-10-12-8-15(21-7-6-19-2)14(20-3)9-13(12)11-18-16/h8-9,11,16H,4-7,10H2,1-3H3/t16-/m0/s1. The van der Waals surface area contributed by atoms with Crippen LogP contribution in [0.15, 0.2) is 17.1 Å². The Morgan fingerprint density at radius 3 is 2.67 bits per heavy atom.